The molecule has 2 heterocycles. The van der Waals surface area contributed by atoms with E-state index in [1.165, 1.54) is 17.5 Å². The summed E-state index contributed by atoms with van der Waals surface area (Å²) in [7, 11) is 0. The van der Waals surface area contributed by atoms with Crippen molar-refractivity contribution >= 4 is 17.0 Å². The van der Waals surface area contributed by atoms with Gasteiger partial charge in [0.15, 0.2) is 0 Å². The highest BCUT2D eigenvalue weighted by Gasteiger charge is 2.05. The summed E-state index contributed by atoms with van der Waals surface area (Å²) in [6.45, 7) is 0. The van der Waals surface area contributed by atoms with E-state index in [1.807, 2.05) is 11.4 Å². The van der Waals surface area contributed by atoms with Crippen molar-refractivity contribution in [1.29, 1.82) is 5.26 Å². The van der Waals surface area contributed by atoms with Crippen LogP contribution in [0.1, 0.15) is 5.56 Å². The Morgan fingerprint density at radius 1 is 1.43 bits per heavy atom. The van der Waals surface area contributed by atoms with Crippen molar-refractivity contribution in [3.05, 3.63) is 29.4 Å². The molecule has 0 aromatic carbocycles. The fourth-order valence-electron chi connectivity index (χ4n) is 1.03. The summed E-state index contributed by atoms with van der Waals surface area (Å²) in [5, 5.41) is 11.3. The van der Waals surface area contributed by atoms with Gasteiger partial charge < -0.3 is 5.73 Å². The Balaban J connectivity index is 2.49. The minimum absolute atomic E-state index is 0.394. The van der Waals surface area contributed by atoms with E-state index in [0.717, 1.165) is 5.01 Å². The molecule has 2 rings (SSSR count). The van der Waals surface area contributed by atoms with Crippen LogP contribution in [0, 0.1) is 11.3 Å². The van der Waals surface area contributed by atoms with Crippen LogP contribution in [0.3, 0.4) is 0 Å². The molecule has 5 heteroatoms. The number of nitrogen functional groups attached to an aromatic ring is 1. The van der Waals surface area contributed by atoms with Crippen molar-refractivity contribution < 1.29 is 0 Å². The van der Waals surface area contributed by atoms with Gasteiger partial charge in [-0.15, -0.1) is 11.3 Å². The molecule has 0 aliphatic carbocycles. The van der Waals surface area contributed by atoms with Crippen LogP contribution < -0.4 is 5.73 Å². The van der Waals surface area contributed by atoms with Crippen molar-refractivity contribution in [3.8, 4) is 16.8 Å². The lowest BCUT2D eigenvalue weighted by molar-refractivity contribution is 1.28. The largest absolute Gasteiger partial charge is 0.398 e. The molecule has 0 bridgehead atoms. The summed E-state index contributed by atoms with van der Waals surface area (Å²) < 4.78 is 0. The summed E-state index contributed by atoms with van der Waals surface area (Å²) in [5.74, 6) is 0. The van der Waals surface area contributed by atoms with Gasteiger partial charge in [-0.1, -0.05) is 0 Å². The second kappa shape index (κ2) is 3.44. The number of pyridine rings is 1. The zero-order valence-corrected chi connectivity index (χ0v) is 7.95. The fraction of sp³-hybridized carbons (Fsp3) is 0. The van der Waals surface area contributed by atoms with Crippen molar-refractivity contribution in [2.45, 2.75) is 0 Å². The molecule has 0 aliphatic heterocycles. The standard InChI is InChI=1S/C9H6N4S/c10-4-6-5-13-8(3-7(6)11)9-12-1-2-14-9/h1-3,5H,(H2,11,13). The summed E-state index contributed by atoms with van der Waals surface area (Å²) in [6, 6.07) is 3.63. The van der Waals surface area contributed by atoms with E-state index in [0.29, 0.717) is 16.9 Å². The second-order valence-corrected chi connectivity index (χ2v) is 3.50. The number of rotatable bonds is 1. The minimum Gasteiger partial charge on any atom is -0.398 e. The molecule has 0 radical (unpaired) electrons. The molecule has 0 unspecified atom stereocenters. The lowest BCUT2D eigenvalue weighted by atomic mass is 10.2. The number of nitrogens with two attached hydrogens (primary N) is 1. The van der Waals surface area contributed by atoms with Crippen LogP contribution in [0.25, 0.3) is 10.7 Å². The van der Waals surface area contributed by atoms with Crippen LogP contribution in [0.5, 0.6) is 0 Å². The molecule has 2 N–H and O–H groups in total. The third-order valence-corrected chi connectivity index (χ3v) is 2.50. The molecule has 0 atom stereocenters. The van der Waals surface area contributed by atoms with Gasteiger partial charge in [-0.3, -0.25) is 4.98 Å². The first kappa shape index (κ1) is 8.66. The van der Waals surface area contributed by atoms with E-state index < -0.39 is 0 Å². The average molecular weight is 202 g/mol. The van der Waals surface area contributed by atoms with Gasteiger partial charge in [0.05, 0.1) is 11.3 Å². The Morgan fingerprint density at radius 2 is 2.29 bits per heavy atom. The van der Waals surface area contributed by atoms with Crippen LogP contribution in [-0.2, 0) is 0 Å². The molecule has 0 fully saturated rings. The van der Waals surface area contributed by atoms with Crippen LogP contribution >= 0.6 is 11.3 Å². The molecule has 4 nitrogen and oxygen atoms in total. The van der Waals surface area contributed by atoms with Gasteiger partial charge in [0, 0.05) is 17.8 Å². The van der Waals surface area contributed by atoms with Gasteiger partial charge in [-0.05, 0) is 6.07 Å². The van der Waals surface area contributed by atoms with E-state index in [9.17, 15) is 0 Å². The van der Waals surface area contributed by atoms with E-state index in [2.05, 4.69) is 9.97 Å². The molecule has 2 aromatic rings. The predicted molar refractivity (Wildman–Crippen MR) is 54.5 cm³/mol. The zero-order valence-electron chi connectivity index (χ0n) is 7.14. The van der Waals surface area contributed by atoms with Gasteiger partial charge in [0.1, 0.15) is 16.8 Å². The molecule has 0 spiro atoms. The molecule has 0 amide bonds. The quantitative estimate of drug-likeness (QED) is 0.763. The smallest absolute Gasteiger partial charge is 0.141 e. The van der Waals surface area contributed by atoms with Crippen molar-refractivity contribution in [2.75, 3.05) is 5.73 Å². The highest BCUT2D eigenvalue weighted by atomic mass is 32.1. The second-order valence-electron chi connectivity index (χ2n) is 2.61. The topological polar surface area (TPSA) is 75.6 Å². The molecule has 14 heavy (non-hydrogen) atoms. The molecular formula is C9H6N4S. The van der Waals surface area contributed by atoms with Gasteiger partial charge in [0.25, 0.3) is 0 Å². The highest BCUT2D eigenvalue weighted by Crippen LogP contribution is 2.22. The van der Waals surface area contributed by atoms with Crippen LogP contribution in [0.4, 0.5) is 5.69 Å². The Kier molecular flexibility index (Phi) is 2.13. The first-order valence-electron chi connectivity index (χ1n) is 3.87. The lowest BCUT2D eigenvalue weighted by Gasteiger charge is -1.98. The fourth-order valence-corrected chi connectivity index (χ4v) is 1.64. The Bertz CT molecular complexity index is 484. The third-order valence-electron chi connectivity index (χ3n) is 1.71. The van der Waals surface area contributed by atoms with E-state index in [4.69, 9.17) is 11.0 Å². The number of nitriles is 1. The summed E-state index contributed by atoms with van der Waals surface area (Å²) in [6.07, 6.45) is 3.17. The summed E-state index contributed by atoms with van der Waals surface area (Å²) in [5.41, 5.74) is 7.19. The monoisotopic (exact) mass is 202 g/mol. The van der Waals surface area contributed by atoms with Crippen LogP contribution in [0.2, 0.25) is 0 Å². The number of aromatic nitrogens is 2. The van der Waals surface area contributed by atoms with E-state index in [-0.39, 0.29) is 0 Å². The third kappa shape index (κ3) is 1.43. The Hall–Kier alpha value is -1.93. The zero-order chi connectivity index (χ0) is 9.97. The molecule has 0 aliphatic rings. The van der Waals surface area contributed by atoms with Gasteiger partial charge >= 0.3 is 0 Å². The number of nitrogens with zero attached hydrogens (tertiary/aromatic N) is 3. The Morgan fingerprint density at radius 3 is 2.86 bits per heavy atom. The molecule has 68 valence electrons. The van der Waals surface area contributed by atoms with Crippen LogP contribution in [0.15, 0.2) is 23.8 Å². The highest BCUT2D eigenvalue weighted by molar-refractivity contribution is 7.13. The van der Waals surface area contributed by atoms with Crippen molar-refractivity contribution in [3.63, 3.8) is 0 Å². The molecule has 0 saturated carbocycles. The number of hydrogen-bond donors (Lipinski definition) is 1. The van der Waals surface area contributed by atoms with E-state index in [1.54, 1.807) is 12.3 Å². The van der Waals surface area contributed by atoms with Gasteiger partial charge in [-0.25, -0.2) is 4.98 Å². The first-order chi connectivity index (χ1) is 6.81. The summed E-state index contributed by atoms with van der Waals surface area (Å²) in [4.78, 5) is 8.20. The van der Waals surface area contributed by atoms with Crippen molar-refractivity contribution in [2.24, 2.45) is 0 Å². The lowest BCUT2D eigenvalue weighted by Crippen LogP contribution is -1.93. The number of thiazole rings is 1. The minimum atomic E-state index is 0.394. The average Bonchev–Trinajstić information content (AvgIpc) is 2.70. The maximum Gasteiger partial charge on any atom is 0.141 e. The molecular weight excluding hydrogens is 196 g/mol. The maximum absolute atomic E-state index is 8.66. The first-order valence-corrected chi connectivity index (χ1v) is 4.74. The number of hydrogen-bond acceptors (Lipinski definition) is 5. The normalized spacial score (nSPS) is 9.64. The van der Waals surface area contributed by atoms with Gasteiger partial charge in [0.2, 0.25) is 0 Å². The van der Waals surface area contributed by atoms with Gasteiger partial charge in [-0.2, -0.15) is 5.26 Å². The maximum atomic E-state index is 8.66. The molecule has 2 aromatic heterocycles. The van der Waals surface area contributed by atoms with Crippen LogP contribution in [-0.4, -0.2) is 9.97 Å². The summed E-state index contributed by atoms with van der Waals surface area (Å²) >= 11 is 1.49. The van der Waals surface area contributed by atoms with Crippen molar-refractivity contribution in [1.82, 2.24) is 9.97 Å². The number of anilines is 1. The Labute approximate surface area is 84.7 Å². The predicted octanol–water partition coefficient (Wildman–Crippen LogP) is 1.66. The SMILES string of the molecule is N#Cc1cnc(-c2nccs2)cc1N. The van der Waals surface area contributed by atoms with E-state index >= 15 is 0 Å². The molecule has 0 saturated heterocycles.